The van der Waals surface area contributed by atoms with Crippen LogP contribution < -0.4 is 5.32 Å². The van der Waals surface area contributed by atoms with Crippen LogP contribution in [-0.4, -0.2) is 17.6 Å². The highest BCUT2D eigenvalue weighted by atomic mass is 19.1. The molecule has 0 unspecified atom stereocenters. The van der Waals surface area contributed by atoms with Gasteiger partial charge in [0.1, 0.15) is 5.82 Å². The topological polar surface area (TPSA) is 49.3 Å². The molecule has 1 amide bonds. The zero-order valence-corrected chi connectivity index (χ0v) is 8.37. The van der Waals surface area contributed by atoms with Gasteiger partial charge in [-0.25, -0.2) is 4.39 Å². The Hall–Kier alpha value is -1.42. The van der Waals surface area contributed by atoms with Crippen molar-refractivity contribution in [1.29, 1.82) is 0 Å². The lowest BCUT2D eigenvalue weighted by Crippen LogP contribution is -2.12. The van der Waals surface area contributed by atoms with Crippen LogP contribution in [0.25, 0.3) is 0 Å². The number of amides is 1. The molecule has 1 aromatic carbocycles. The Morgan fingerprint density at radius 3 is 2.73 bits per heavy atom. The van der Waals surface area contributed by atoms with Crippen molar-refractivity contribution in [1.82, 2.24) is 0 Å². The highest BCUT2D eigenvalue weighted by Gasteiger charge is 2.05. The Kier molecular flexibility index (Phi) is 4.77. The lowest BCUT2D eigenvalue weighted by atomic mass is 10.2. The molecular formula is C11H14FNO2. The molecule has 0 saturated carbocycles. The smallest absolute Gasteiger partial charge is 0.224 e. The predicted molar refractivity (Wildman–Crippen MR) is 56.0 cm³/mol. The van der Waals surface area contributed by atoms with Gasteiger partial charge in [0.15, 0.2) is 0 Å². The van der Waals surface area contributed by atoms with Gasteiger partial charge < -0.3 is 10.4 Å². The van der Waals surface area contributed by atoms with Crippen LogP contribution in [0.3, 0.4) is 0 Å². The maximum atomic E-state index is 13.1. The van der Waals surface area contributed by atoms with Gasteiger partial charge in [-0.05, 0) is 25.0 Å². The third-order valence-corrected chi connectivity index (χ3v) is 1.96. The maximum Gasteiger partial charge on any atom is 0.224 e. The van der Waals surface area contributed by atoms with Gasteiger partial charge in [0.05, 0.1) is 5.69 Å². The fourth-order valence-corrected chi connectivity index (χ4v) is 1.17. The van der Waals surface area contributed by atoms with E-state index in [2.05, 4.69) is 5.32 Å². The summed E-state index contributed by atoms with van der Waals surface area (Å²) < 4.78 is 13.1. The van der Waals surface area contributed by atoms with E-state index in [-0.39, 0.29) is 18.2 Å². The standard InChI is InChI=1S/C11H14FNO2/c12-9-5-1-2-6-10(9)13-11(15)7-3-4-8-14/h1-2,5-6,14H,3-4,7-8H2,(H,13,15). The normalized spacial score (nSPS) is 10.0. The lowest BCUT2D eigenvalue weighted by molar-refractivity contribution is -0.116. The van der Waals surface area contributed by atoms with Crippen LogP contribution in [0.15, 0.2) is 24.3 Å². The molecule has 3 nitrogen and oxygen atoms in total. The lowest BCUT2D eigenvalue weighted by Gasteiger charge is -2.05. The molecule has 1 aromatic rings. The van der Waals surface area contributed by atoms with Crippen molar-refractivity contribution in [2.24, 2.45) is 0 Å². The summed E-state index contributed by atoms with van der Waals surface area (Å²) in [5.74, 6) is -0.665. The summed E-state index contributed by atoms with van der Waals surface area (Å²) in [5.41, 5.74) is 0.200. The Balaban J connectivity index is 2.41. The van der Waals surface area contributed by atoms with E-state index in [1.165, 1.54) is 12.1 Å². The van der Waals surface area contributed by atoms with E-state index in [0.717, 1.165) is 0 Å². The molecule has 0 atom stereocenters. The van der Waals surface area contributed by atoms with Gasteiger partial charge in [0.25, 0.3) is 0 Å². The Morgan fingerprint density at radius 2 is 2.07 bits per heavy atom. The van der Waals surface area contributed by atoms with Gasteiger partial charge in [0.2, 0.25) is 5.91 Å². The number of benzene rings is 1. The number of anilines is 1. The Morgan fingerprint density at radius 1 is 1.33 bits per heavy atom. The molecule has 0 aliphatic carbocycles. The largest absolute Gasteiger partial charge is 0.396 e. The second-order valence-electron chi connectivity index (χ2n) is 3.21. The molecule has 1 rings (SSSR count). The highest BCUT2D eigenvalue weighted by molar-refractivity contribution is 5.90. The van der Waals surface area contributed by atoms with Gasteiger partial charge in [-0.1, -0.05) is 12.1 Å². The third kappa shape index (κ3) is 4.08. The van der Waals surface area contributed by atoms with Crippen LogP contribution in [0.5, 0.6) is 0 Å². The van der Waals surface area contributed by atoms with Gasteiger partial charge in [-0.2, -0.15) is 0 Å². The first-order valence-corrected chi connectivity index (χ1v) is 4.89. The van der Waals surface area contributed by atoms with Gasteiger partial charge in [-0.15, -0.1) is 0 Å². The van der Waals surface area contributed by atoms with Crippen LogP contribution in [0.4, 0.5) is 10.1 Å². The summed E-state index contributed by atoms with van der Waals surface area (Å²) in [7, 11) is 0. The van der Waals surface area contributed by atoms with Crippen molar-refractivity contribution in [3.8, 4) is 0 Å². The first-order chi connectivity index (χ1) is 7.24. The van der Waals surface area contributed by atoms with Crippen LogP contribution in [0.2, 0.25) is 0 Å². The minimum absolute atomic E-state index is 0.0764. The van der Waals surface area contributed by atoms with Crippen LogP contribution in [-0.2, 0) is 4.79 Å². The zero-order valence-electron chi connectivity index (χ0n) is 8.37. The summed E-state index contributed by atoms with van der Waals surface area (Å²) >= 11 is 0. The van der Waals surface area contributed by atoms with Crippen molar-refractivity contribution in [2.45, 2.75) is 19.3 Å². The maximum absolute atomic E-state index is 13.1. The minimum Gasteiger partial charge on any atom is -0.396 e. The van der Waals surface area contributed by atoms with Crippen LogP contribution >= 0.6 is 0 Å². The van der Waals surface area contributed by atoms with Crippen molar-refractivity contribution in [3.05, 3.63) is 30.1 Å². The number of aliphatic hydroxyl groups is 1. The molecule has 82 valence electrons. The van der Waals surface area contributed by atoms with E-state index in [9.17, 15) is 9.18 Å². The molecule has 0 aliphatic heterocycles. The quantitative estimate of drug-likeness (QED) is 0.731. The molecule has 0 heterocycles. The van der Waals surface area contributed by atoms with Gasteiger partial charge in [0, 0.05) is 13.0 Å². The van der Waals surface area contributed by atoms with E-state index in [1.807, 2.05) is 0 Å². The molecule has 15 heavy (non-hydrogen) atoms. The summed E-state index contributed by atoms with van der Waals surface area (Å²) in [5, 5.41) is 11.0. The van der Waals surface area contributed by atoms with Crippen molar-refractivity contribution >= 4 is 11.6 Å². The summed E-state index contributed by atoms with van der Waals surface area (Å²) in [6, 6.07) is 6.03. The van der Waals surface area contributed by atoms with Crippen molar-refractivity contribution in [2.75, 3.05) is 11.9 Å². The molecule has 4 heteroatoms. The van der Waals surface area contributed by atoms with Crippen molar-refractivity contribution in [3.63, 3.8) is 0 Å². The number of rotatable bonds is 5. The molecule has 0 aliphatic rings. The van der Waals surface area contributed by atoms with E-state index >= 15 is 0 Å². The average Bonchev–Trinajstić information content (AvgIpc) is 2.22. The summed E-state index contributed by atoms with van der Waals surface area (Å²) in [4.78, 5) is 11.3. The SMILES string of the molecule is O=C(CCCCO)Nc1ccccc1F. The monoisotopic (exact) mass is 211 g/mol. The minimum atomic E-state index is -0.437. The fraction of sp³-hybridized carbons (Fsp3) is 0.364. The summed E-state index contributed by atoms with van der Waals surface area (Å²) in [6.07, 6.45) is 1.50. The van der Waals surface area contributed by atoms with E-state index in [1.54, 1.807) is 12.1 Å². The zero-order chi connectivity index (χ0) is 11.1. The number of aliphatic hydroxyl groups excluding tert-OH is 1. The van der Waals surface area contributed by atoms with E-state index in [4.69, 9.17) is 5.11 Å². The number of halogens is 1. The average molecular weight is 211 g/mol. The number of unbranched alkanes of at least 4 members (excludes halogenated alkanes) is 1. The second-order valence-corrected chi connectivity index (χ2v) is 3.21. The summed E-state index contributed by atoms with van der Waals surface area (Å²) in [6.45, 7) is 0.0764. The van der Waals surface area contributed by atoms with Crippen LogP contribution in [0, 0.1) is 5.82 Å². The number of carbonyl (C=O) groups excluding carboxylic acids is 1. The Bertz CT molecular complexity index is 328. The molecule has 0 spiro atoms. The third-order valence-electron chi connectivity index (χ3n) is 1.96. The Labute approximate surface area is 87.9 Å². The fourth-order valence-electron chi connectivity index (χ4n) is 1.17. The number of nitrogens with one attached hydrogen (secondary N) is 1. The molecule has 0 aromatic heterocycles. The van der Waals surface area contributed by atoms with E-state index in [0.29, 0.717) is 19.3 Å². The van der Waals surface area contributed by atoms with Crippen molar-refractivity contribution < 1.29 is 14.3 Å². The van der Waals surface area contributed by atoms with Crippen LogP contribution in [0.1, 0.15) is 19.3 Å². The number of hydrogen-bond donors (Lipinski definition) is 2. The second kappa shape index (κ2) is 6.14. The molecule has 2 N–H and O–H groups in total. The van der Waals surface area contributed by atoms with Gasteiger partial charge in [-0.3, -0.25) is 4.79 Å². The first-order valence-electron chi connectivity index (χ1n) is 4.89. The molecule has 0 bridgehead atoms. The van der Waals surface area contributed by atoms with Gasteiger partial charge >= 0.3 is 0 Å². The first kappa shape index (κ1) is 11.7. The molecular weight excluding hydrogens is 197 g/mol. The van der Waals surface area contributed by atoms with E-state index < -0.39 is 5.82 Å². The molecule has 0 fully saturated rings. The molecule has 0 radical (unpaired) electrons. The molecule has 0 saturated heterocycles. The number of carbonyl (C=O) groups is 1. The highest BCUT2D eigenvalue weighted by Crippen LogP contribution is 2.12. The number of hydrogen-bond acceptors (Lipinski definition) is 2. The predicted octanol–water partition coefficient (Wildman–Crippen LogP) is 1.93. The number of para-hydroxylation sites is 1.